The van der Waals surface area contributed by atoms with Gasteiger partial charge in [-0.2, -0.15) is 0 Å². The van der Waals surface area contributed by atoms with Gasteiger partial charge in [-0.3, -0.25) is 0 Å². The van der Waals surface area contributed by atoms with E-state index in [1.807, 2.05) is 29.8 Å². The topological polar surface area (TPSA) is 44.5 Å². The van der Waals surface area contributed by atoms with E-state index in [4.69, 9.17) is 14.2 Å². The van der Waals surface area contributed by atoms with E-state index in [2.05, 4.69) is 12.0 Å². The monoisotopic (exact) mass is 356 g/mol. The van der Waals surface area contributed by atoms with Crippen molar-refractivity contribution in [3.63, 3.8) is 0 Å². The Bertz CT molecular complexity index is 686. The molecule has 0 radical (unpaired) electrons. The van der Waals surface area contributed by atoms with Gasteiger partial charge in [-0.15, -0.1) is 0 Å². The van der Waals surface area contributed by atoms with Gasteiger partial charge in [0, 0.05) is 22.8 Å². The van der Waals surface area contributed by atoms with E-state index >= 15 is 0 Å². The highest BCUT2D eigenvalue weighted by atomic mass is 35.5. The Kier molecular flexibility index (Phi) is 7.32. The average Bonchev–Trinajstić information content (AvgIpc) is 2.91. The molecule has 0 atom stereocenters. The largest absolute Gasteiger partial charge is 1.00 e. The highest BCUT2D eigenvalue weighted by Gasteiger charge is 2.15. The van der Waals surface area contributed by atoms with Gasteiger partial charge in [0.1, 0.15) is 5.75 Å². The van der Waals surface area contributed by atoms with E-state index in [0.29, 0.717) is 11.5 Å². The molecule has 0 aliphatic rings. The number of hydrogen-bond acceptors (Lipinski definition) is 5. The van der Waals surface area contributed by atoms with E-state index < -0.39 is 0 Å². The third kappa shape index (κ3) is 4.36. The minimum absolute atomic E-state index is 0. The first-order chi connectivity index (χ1) is 10.6. The molecule has 126 valence electrons. The second-order valence-electron chi connectivity index (χ2n) is 4.56. The summed E-state index contributed by atoms with van der Waals surface area (Å²) in [5.74, 6) is 2.05. The highest BCUT2D eigenvalue weighted by molar-refractivity contribution is 7.11. The lowest BCUT2D eigenvalue weighted by Gasteiger charge is -2.12. The van der Waals surface area contributed by atoms with Crippen molar-refractivity contribution in [1.29, 1.82) is 0 Å². The molecule has 0 saturated heterocycles. The first-order valence-corrected chi connectivity index (χ1v) is 7.80. The molecule has 0 spiro atoms. The van der Waals surface area contributed by atoms with Crippen LogP contribution in [-0.2, 0) is 6.54 Å². The Hall–Kier alpha value is -1.79. The van der Waals surface area contributed by atoms with E-state index in [1.54, 1.807) is 38.7 Å². The van der Waals surface area contributed by atoms with E-state index in [9.17, 15) is 0 Å². The minimum Gasteiger partial charge on any atom is -1.00 e. The van der Waals surface area contributed by atoms with Crippen molar-refractivity contribution in [3.8, 4) is 17.2 Å². The first kappa shape index (κ1) is 19.3. The van der Waals surface area contributed by atoms with Crippen LogP contribution in [0, 0.1) is 6.92 Å². The predicted octanol–water partition coefficient (Wildman–Crippen LogP) is -0.0409. The van der Waals surface area contributed by atoms with Gasteiger partial charge in [0.05, 0.1) is 21.3 Å². The summed E-state index contributed by atoms with van der Waals surface area (Å²) in [6, 6.07) is 3.72. The maximum atomic E-state index is 5.47. The number of aryl methyl sites for hydroxylation is 2. The zero-order valence-corrected chi connectivity index (χ0v) is 15.5. The van der Waals surface area contributed by atoms with Crippen molar-refractivity contribution < 1.29 is 31.3 Å². The fourth-order valence-corrected chi connectivity index (χ4v) is 3.01. The maximum absolute atomic E-state index is 5.47. The van der Waals surface area contributed by atoms with Crippen LogP contribution in [0.25, 0.3) is 12.2 Å². The fourth-order valence-electron chi connectivity index (χ4n) is 2.16. The summed E-state index contributed by atoms with van der Waals surface area (Å²) >= 11 is 1.65. The Morgan fingerprint density at radius 1 is 1.13 bits per heavy atom. The summed E-state index contributed by atoms with van der Waals surface area (Å²) < 4.78 is 18.1. The van der Waals surface area contributed by atoms with Crippen LogP contribution in [0.1, 0.15) is 22.5 Å². The van der Waals surface area contributed by atoms with Crippen LogP contribution in [0.5, 0.6) is 17.2 Å². The molecular formula is C16H21ClN2O3S. The summed E-state index contributed by atoms with van der Waals surface area (Å²) in [4.78, 5) is 0. The SMILES string of the molecule is CC[n+]1nc(C)sc1C=Cc1cc(OC)cc(OC)c1OC.[Cl-]. The molecule has 0 N–H and O–H groups in total. The number of halogens is 1. The van der Waals surface area contributed by atoms with Crippen molar-refractivity contribution in [3.05, 3.63) is 27.7 Å². The van der Waals surface area contributed by atoms with Gasteiger partial charge in [0.25, 0.3) is 5.01 Å². The minimum atomic E-state index is 0. The molecule has 0 aliphatic carbocycles. The van der Waals surface area contributed by atoms with Gasteiger partial charge in [-0.25, -0.2) is 0 Å². The lowest BCUT2D eigenvalue weighted by Crippen LogP contribution is -3.00. The lowest BCUT2D eigenvalue weighted by molar-refractivity contribution is -0.747. The summed E-state index contributed by atoms with van der Waals surface area (Å²) in [5, 5.41) is 6.58. The number of rotatable bonds is 6. The van der Waals surface area contributed by atoms with Crippen molar-refractivity contribution in [2.75, 3.05) is 21.3 Å². The normalized spacial score (nSPS) is 10.5. The van der Waals surface area contributed by atoms with Crippen LogP contribution in [0.15, 0.2) is 12.1 Å². The van der Waals surface area contributed by atoms with Crippen molar-refractivity contribution in [2.24, 2.45) is 0 Å². The highest BCUT2D eigenvalue weighted by Crippen LogP contribution is 2.36. The van der Waals surface area contributed by atoms with Gasteiger partial charge >= 0.3 is 0 Å². The van der Waals surface area contributed by atoms with E-state index in [1.165, 1.54) is 0 Å². The number of methoxy groups -OCH3 is 3. The van der Waals surface area contributed by atoms with Gasteiger partial charge < -0.3 is 26.6 Å². The summed E-state index contributed by atoms with van der Waals surface area (Å²) in [6.07, 6.45) is 4.02. The van der Waals surface area contributed by atoms with Crippen molar-refractivity contribution in [1.82, 2.24) is 5.10 Å². The maximum Gasteiger partial charge on any atom is 0.289 e. The zero-order valence-electron chi connectivity index (χ0n) is 13.9. The average molecular weight is 357 g/mol. The molecule has 7 heteroatoms. The Labute approximate surface area is 146 Å². The molecule has 2 rings (SSSR count). The quantitative estimate of drug-likeness (QED) is 0.681. The summed E-state index contributed by atoms with van der Waals surface area (Å²) in [5.41, 5.74) is 0.896. The number of hydrogen-bond donors (Lipinski definition) is 0. The van der Waals surface area contributed by atoms with Crippen LogP contribution in [-0.4, -0.2) is 26.4 Å². The molecule has 0 bridgehead atoms. The van der Waals surface area contributed by atoms with Gasteiger partial charge in [0.15, 0.2) is 23.1 Å². The third-order valence-electron chi connectivity index (χ3n) is 3.19. The molecule has 0 amide bonds. The molecule has 1 heterocycles. The molecule has 0 saturated carbocycles. The van der Waals surface area contributed by atoms with E-state index in [-0.39, 0.29) is 12.4 Å². The Morgan fingerprint density at radius 2 is 1.87 bits per heavy atom. The molecule has 1 aromatic heterocycles. The van der Waals surface area contributed by atoms with Gasteiger partial charge in [-0.05, 0) is 37.3 Å². The van der Waals surface area contributed by atoms with Crippen LogP contribution >= 0.6 is 11.3 Å². The van der Waals surface area contributed by atoms with E-state index in [0.717, 1.165) is 27.9 Å². The number of benzene rings is 1. The number of ether oxygens (including phenoxy) is 3. The first-order valence-electron chi connectivity index (χ1n) is 6.98. The third-order valence-corrected chi connectivity index (χ3v) is 4.12. The van der Waals surface area contributed by atoms with Crippen LogP contribution in [0.3, 0.4) is 0 Å². The standard InChI is InChI=1S/C16H21N2O3S.ClH/c1-6-18-15(22-11(2)17-18)8-7-12-9-13(19-3)10-14(20-4)16(12)21-5;/h7-10H,6H2,1-5H3;1H/q+1;/p-1. The Morgan fingerprint density at radius 3 is 2.43 bits per heavy atom. The smallest absolute Gasteiger partial charge is 0.289 e. The van der Waals surface area contributed by atoms with Crippen LogP contribution in [0.2, 0.25) is 0 Å². The number of nitrogens with zero attached hydrogens (tertiary/aromatic N) is 2. The molecule has 0 aliphatic heterocycles. The second kappa shape index (κ2) is 8.74. The molecule has 2 aromatic rings. The number of aromatic nitrogens is 2. The molecule has 23 heavy (non-hydrogen) atoms. The van der Waals surface area contributed by atoms with Gasteiger partial charge in [-0.1, -0.05) is 4.68 Å². The van der Waals surface area contributed by atoms with Crippen LogP contribution in [0.4, 0.5) is 0 Å². The lowest BCUT2D eigenvalue weighted by atomic mass is 10.1. The molecular weight excluding hydrogens is 336 g/mol. The Balaban J connectivity index is 0.00000264. The molecule has 1 aromatic carbocycles. The van der Waals surface area contributed by atoms with Crippen molar-refractivity contribution >= 4 is 23.5 Å². The molecule has 0 unspecified atom stereocenters. The molecule has 0 fully saturated rings. The summed E-state index contributed by atoms with van der Waals surface area (Å²) in [7, 11) is 4.87. The molecule has 5 nitrogen and oxygen atoms in total. The van der Waals surface area contributed by atoms with Gasteiger partial charge in [0.2, 0.25) is 0 Å². The van der Waals surface area contributed by atoms with Crippen LogP contribution < -0.4 is 31.3 Å². The zero-order chi connectivity index (χ0) is 16.1. The predicted molar refractivity (Wildman–Crippen MR) is 87.7 cm³/mol. The fraction of sp³-hybridized carbons (Fsp3) is 0.375. The van der Waals surface area contributed by atoms with Crippen molar-refractivity contribution in [2.45, 2.75) is 20.4 Å². The summed E-state index contributed by atoms with van der Waals surface area (Å²) in [6.45, 7) is 4.91. The second-order valence-corrected chi connectivity index (χ2v) is 5.77.